The summed E-state index contributed by atoms with van der Waals surface area (Å²) in [6, 6.07) is 12.2. The summed E-state index contributed by atoms with van der Waals surface area (Å²) in [4.78, 5) is 58.5. The highest BCUT2D eigenvalue weighted by Crippen LogP contribution is 2.29. The van der Waals surface area contributed by atoms with Crippen molar-refractivity contribution >= 4 is 44.9 Å². The zero-order valence-electron chi connectivity index (χ0n) is 27.3. The molecule has 11 nitrogen and oxygen atoms in total. The van der Waals surface area contributed by atoms with Crippen molar-refractivity contribution in [2.75, 3.05) is 13.7 Å². The molecule has 3 aromatic rings. The van der Waals surface area contributed by atoms with Gasteiger partial charge in [-0.25, -0.2) is 8.42 Å². The third kappa shape index (κ3) is 9.59. The van der Waals surface area contributed by atoms with Gasteiger partial charge in [-0.15, -0.1) is 0 Å². The average molecular weight is 737 g/mol. The molecule has 50 heavy (non-hydrogen) atoms. The van der Waals surface area contributed by atoms with Gasteiger partial charge in [-0.05, 0) is 59.9 Å². The number of ketones is 1. The van der Waals surface area contributed by atoms with E-state index in [2.05, 4.69) is 15.6 Å². The number of carbonyl (C=O) groups excluding carboxylic acids is 4. The number of hydrogen-bond donors (Lipinski definition) is 2. The SMILES string of the molecule is COc1ccc(CS(=O)(=O)[C@@H]2C[C@@H](C(=O)N[C@H](C(=O)C(F)(F)F)C(C)C)N(C(=O)[C@H](Cc3cccc(Cl)c3)NC(=O)c3ccccn3)C2)cc1. The predicted octanol–water partition coefficient (Wildman–Crippen LogP) is 3.94. The van der Waals surface area contributed by atoms with Crippen molar-refractivity contribution in [1.82, 2.24) is 20.5 Å². The minimum atomic E-state index is -5.27. The van der Waals surface area contributed by atoms with Crippen LogP contribution in [-0.4, -0.2) is 85.0 Å². The molecule has 0 spiro atoms. The number of amides is 3. The molecule has 16 heteroatoms. The van der Waals surface area contributed by atoms with Crippen molar-refractivity contribution < 1.29 is 45.5 Å². The maximum atomic E-state index is 14.4. The molecule has 0 bridgehead atoms. The van der Waals surface area contributed by atoms with E-state index < -0.39 is 87.5 Å². The number of hydrogen-bond acceptors (Lipinski definition) is 8. The smallest absolute Gasteiger partial charge is 0.452 e. The lowest BCUT2D eigenvalue weighted by atomic mass is 9.98. The Morgan fingerprint density at radius 1 is 1.00 bits per heavy atom. The Bertz CT molecular complexity index is 1810. The number of rotatable bonds is 13. The van der Waals surface area contributed by atoms with Crippen LogP contribution in [0, 0.1) is 5.92 Å². The van der Waals surface area contributed by atoms with E-state index in [0.717, 1.165) is 4.90 Å². The van der Waals surface area contributed by atoms with Gasteiger partial charge in [-0.2, -0.15) is 13.2 Å². The van der Waals surface area contributed by atoms with Gasteiger partial charge in [-0.3, -0.25) is 24.2 Å². The largest absolute Gasteiger partial charge is 0.497 e. The van der Waals surface area contributed by atoms with Gasteiger partial charge in [0.25, 0.3) is 11.7 Å². The first-order valence-electron chi connectivity index (χ1n) is 15.5. The minimum Gasteiger partial charge on any atom is -0.497 e. The fourth-order valence-corrected chi connectivity index (χ4v) is 7.58. The van der Waals surface area contributed by atoms with Gasteiger partial charge in [0, 0.05) is 24.2 Å². The van der Waals surface area contributed by atoms with Crippen molar-refractivity contribution in [2.24, 2.45) is 5.92 Å². The molecule has 0 aliphatic carbocycles. The number of alkyl halides is 3. The van der Waals surface area contributed by atoms with Crippen molar-refractivity contribution in [1.29, 1.82) is 0 Å². The van der Waals surface area contributed by atoms with Crippen LogP contribution in [0.15, 0.2) is 72.9 Å². The van der Waals surface area contributed by atoms with Gasteiger partial charge in [0.05, 0.1) is 24.2 Å². The van der Waals surface area contributed by atoms with Crippen LogP contribution >= 0.6 is 11.6 Å². The number of methoxy groups -OCH3 is 1. The molecule has 1 aliphatic rings. The number of pyridine rings is 1. The van der Waals surface area contributed by atoms with Crippen LogP contribution in [0.5, 0.6) is 5.75 Å². The lowest BCUT2D eigenvalue weighted by Crippen LogP contribution is -2.57. The first-order valence-corrected chi connectivity index (χ1v) is 17.6. The molecule has 2 N–H and O–H groups in total. The number of aromatic nitrogens is 1. The van der Waals surface area contributed by atoms with Crippen molar-refractivity contribution in [3.05, 3.63) is 94.8 Å². The van der Waals surface area contributed by atoms with Crippen LogP contribution in [0.3, 0.4) is 0 Å². The van der Waals surface area contributed by atoms with E-state index in [-0.39, 0.29) is 12.1 Å². The highest BCUT2D eigenvalue weighted by Gasteiger charge is 2.49. The Hall–Kier alpha value is -4.50. The maximum Gasteiger partial charge on any atom is 0.452 e. The van der Waals surface area contributed by atoms with Crippen LogP contribution in [0.25, 0.3) is 0 Å². The number of benzene rings is 2. The summed E-state index contributed by atoms with van der Waals surface area (Å²) in [5.74, 6) is -5.93. The Morgan fingerprint density at radius 3 is 2.28 bits per heavy atom. The molecule has 0 unspecified atom stereocenters. The Balaban J connectivity index is 1.70. The Kier molecular flexibility index (Phi) is 12.3. The number of Topliss-reactive ketones (excluding diaryl/α,β-unsaturated/α-hetero) is 1. The van der Waals surface area contributed by atoms with Gasteiger partial charge in [-0.1, -0.05) is 55.8 Å². The zero-order chi connectivity index (χ0) is 36.8. The molecule has 1 saturated heterocycles. The molecule has 268 valence electrons. The van der Waals surface area contributed by atoms with Crippen LogP contribution in [0.2, 0.25) is 5.02 Å². The fraction of sp³-hybridized carbons (Fsp3) is 0.382. The highest BCUT2D eigenvalue weighted by atomic mass is 35.5. The molecule has 0 radical (unpaired) electrons. The van der Waals surface area contributed by atoms with Crippen molar-refractivity contribution in [3.8, 4) is 5.75 Å². The molecule has 2 aromatic carbocycles. The molecule has 2 heterocycles. The third-order valence-corrected chi connectivity index (χ3v) is 10.6. The number of sulfone groups is 1. The van der Waals surface area contributed by atoms with Gasteiger partial charge >= 0.3 is 6.18 Å². The molecule has 3 amide bonds. The highest BCUT2D eigenvalue weighted by molar-refractivity contribution is 7.91. The standard InChI is InChI=1S/C34H36ClF3N4O7S/c1-20(2)29(30(43)34(36,37)38)41-32(45)28-17-25(50(47,48)19-21-10-12-24(49-3)13-11-21)18-42(28)33(46)27(16-22-7-6-8-23(35)15-22)40-31(44)26-9-4-5-14-39-26/h4-15,20,25,27-29H,16-19H2,1-3H3,(H,40,44)(H,41,45)/t25-,27+,28+,29+/m1/s1. The van der Waals surface area contributed by atoms with Gasteiger partial charge < -0.3 is 20.3 Å². The molecule has 1 aromatic heterocycles. The number of likely N-dealkylation sites (tertiary alicyclic amines) is 1. The van der Waals surface area contributed by atoms with E-state index in [1.54, 1.807) is 60.7 Å². The lowest BCUT2D eigenvalue weighted by molar-refractivity contribution is -0.175. The van der Waals surface area contributed by atoms with Gasteiger partial charge in [0.1, 0.15) is 23.5 Å². The lowest BCUT2D eigenvalue weighted by Gasteiger charge is -2.30. The molecule has 0 saturated carbocycles. The summed E-state index contributed by atoms with van der Waals surface area (Å²) in [5, 5.41) is 3.74. The fourth-order valence-electron chi connectivity index (χ4n) is 5.61. The van der Waals surface area contributed by atoms with Crippen LogP contribution in [0.4, 0.5) is 13.2 Å². The number of nitrogens with zero attached hydrogens (tertiary/aromatic N) is 2. The van der Waals surface area contributed by atoms with E-state index in [9.17, 15) is 40.8 Å². The second-order valence-corrected chi connectivity index (χ2v) is 14.9. The number of nitrogens with one attached hydrogen (secondary N) is 2. The van der Waals surface area contributed by atoms with Gasteiger partial charge in [0.2, 0.25) is 11.8 Å². The molecule has 4 rings (SSSR count). The quantitative estimate of drug-likeness (QED) is 0.268. The summed E-state index contributed by atoms with van der Waals surface area (Å²) >= 11 is 6.16. The number of halogens is 4. The van der Waals surface area contributed by atoms with Crippen LogP contribution in [0.1, 0.15) is 41.9 Å². The summed E-state index contributed by atoms with van der Waals surface area (Å²) in [6.07, 6.45) is -4.52. The number of carbonyl (C=O) groups is 4. The van der Waals surface area contributed by atoms with E-state index in [4.69, 9.17) is 16.3 Å². The first-order chi connectivity index (χ1) is 23.5. The third-order valence-electron chi connectivity index (χ3n) is 8.24. The molecule has 1 aliphatic heterocycles. The Morgan fingerprint density at radius 2 is 1.70 bits per heavy atom. The van der Waals surface area contributed by atoms with E-state index in [1.165, 1.54) is 33.2 Å². The number of ether oxygens (including phenoxy) is 1. The summed E-state index contributed by atoms with van der Waals surface area (Å²) in [5.41, 5.74) is 0.878. The zero-order valence-corrected chi connectivity index (χ0v) is 28.9. The summed E-state index contributed by atoms with van der Waals surface area (Å²) in [7, 11) is -2.63. The summed E-state index contributed by atoms with van der Waals surface area (Å²) in [6.45, 7) is 2.10. The van der Waals surface area contributed by atoms with E-state index in [0.29, 0.717) is 21.9 Å². The van der Waals surface area contributed by atoms with Crippen LogP contribution in [-0.2, 0) is 36.4 Å². The van der Waals surface area contributed by atoms with E-state index in [1.807, 2.05) is 0 Å². The van der Waals surface area contributed by atoms with Crippen molar-refractivity contribution in [3.63, 3.8) is 0 Å². The Labute approximate surface area is 292 Å². The second-order valence-electron chi connectivity index (χ2n) is 12.2. The summed E-state index contributed by atoms with van der Waals surface area (Å²) < 4.78 is 73.0. The maximum absolute atomic E-state index is 14.4. The van der Waals surface area contributed by atoms with E-state index >= 15 is 0 Å². The first kappa shape index (κ1) is 38.3. The molecule has 4 atom stereocenters. The minimum absolute atomic E-state index is 0.0301. The normalized spacial score (nSPS) is 17.6. The molecular formula is C34H36ClF3N4O7S. The second kappa shape index (κ2) is 16.0. The molecular weight excluding hydrogens is 701 g/mol. The monoisotopic (exact) mass is 736 g/mol. The van der Waals surface area contributed by atoms with Crippen LogP contribution < -0.4 is 15.4 Å². The molecule has 1 fully saturated rings. The average Bonchev–Trinajstić information content (AvgIpc) is 3.53. The van der Waals surface area contributed by atoms with Crippen molar-refractivity contribution in [2.45, 2.75) is 62.0 Å². The predicted molar refractivity (Wildman–Crippen MR) is 178 cm³/mol. The topological polar surface area (TPSA) is 152 Å². The van der Waals surface area contributed by atoms with Gasteiger partial charge in [0.15, 0.2) is 9.84 Å².